The van der Waals surface area contributed by atoms with Crippen LogP contribution in [0.25, 0.3) is 16.9 Å². The molecule has 1 amide bonds. The predicted octanol–water partition coefficient (Wildman–Crippen LogP) is 3.22. The predicted molar refractivity (Wildman–Crippen MR) is 102 cm³/mol. The van der Waals surface area contributed by atoms with Gasteiger partial charge in [-0.15, -0.1) is 0 Å². The molecule has 0 unspecified atom stereocenters. The minimum atomic E-state index is -0.318. The Balaban J connectivity index is 1.49. The molecule has 4 aromatic rings. The van der Waals surface area contributed by atoms with Crippen molar-refractivity contribution in [2.24, 2.45) is 0 Å². The van der Waals surface area contributed by atoms with E-state index in [1.165, 1.54) is 16.8 Å². The number of carbonyl (C=O) groups is 1. The van der Waals surface area contributed by atoms with Crippen molar-refractivity contribution in [3.63, 3.8) is 0 Å². The maximum Gasteiger partial charge on any atom is 0.247 e. The standard InChI is InChI=1S/C20H17FN6O/c1-14-9-19(27(25-14)18-7-2-3-8-22-18)24-20(28)13-26-12-16(11-23-26)15-5-4-6-17(21)10-15/h2-12H,13H2,1H3,(H,24,28). The van der Waals surface area contributed by atoms with E-state index in [-0.39, 0.29) is 18.3 Å². The number of amides is 1. The molecule has 0 fully saturated rings. The second-order valence-electron chi connectivity index (χ2n) is 6.26. The Bertz CT molecular complexity index is 1120. The summed E-state index contributed by atoms with van der Waals surface area (Å²) in [5.41, 5.74) is 2.20. The first-order chi connectivity index (χ1) is 13.6. The molecule has 0 bridgehead atoms. The van der Waals surface area contributed by atoms with Crippen molar-refractivity contribution in [1.29, 1.82) is 0 Å². The highest BCUT2D eigenvalue weighted by Crippen LogP contribution is 2.19. The van der Waals surface area contributed by atoms with Gasteiger partial charge in [0.15, 0.2) is 5.82 Å². The van der Waals surface area contributed by atoms with Gasteiger partial charge in [-0.05, 0) is 36.8 Å². The van der Waals surface area contributed by atoms with Crippen LogP contribution in [0.4, 0.5) is 10.2 Å². The fourth-order valence-corrected chi connectivity index (χ4v) is 2.84. The topological polar surface area (TPSA) is 77.6 Å². The van der Waals surface area contributed by atoms with Crippen LogP contribution >= 0.6 is 0 Å². The van der Waals surface area contributed by atoms with Gasteiger partial charge < -0.3 is 5.32 Å². The first-order valence-electron chi connectivity index (χ1n) is 8.65. The molecule has 140 valence electrons. The van der Waals surface area contributed by atoms with Crippen LogP contribution in [0, 0.1) is 12.7 Å². The molecule has 0 aliphatic carbocycles. The van der Waals surface area contributed by atoms with Gasteiger partial charge in [0.05, 0.1) is 11.9 Å². The quantitative estimate of drug-likeness (QED) is 0.580. The maximum atomic E-state index is 13.4. The summed E-state index contributed by atoms with van der Waals surface area (Å²) in [6.45, 7) is 1.86. The van der Waals surface area contributed by atoms with E-state index in [9.17, 15) is 9.18 Å². The lowest BCUT2D eigenvalue weighted by Gasteiger charge is -2.08. The van der Waals surface area contributed by atoms with Gasteiger partial charge in [-0.1, -0.05) is 18.2 Å². The third-order valence-electron chi connectivity index (χ3n) is 4.06. The highest BCUT2D eigenvalue weighted by Gasteiger charge is 2.13. The summed E-state index contributed by atoms with van der Waals surface area (Å²) < 4.78 is 16.5. The number of hydrogen-bond acceptors (Lipinski definition) is 4. The van der Waals surface area contributed by atoms with Crippen LogP contribution in [0.2, 0.25) is 0 Å². The molecule has 28 heavy (non-hydrogen) atoms. The Hall–Kier alpha value is -3.81. The molecule has 0 aliphatic rings. The van der Waals surface area contributed by atoms with Crippen molar-refractivity contribution in [1.82, 2.24) is 24.5 Å². The van der Waals surface area contributed by atoms with Crippen molar-refractivity contribution < 1.29 is 9.18 Å². The first kappa shape index (κ1) is 17.6. The fraction of sp³-hybridized carbons (Fsp3) is 0.100. The molecule has 3 aromatic heterocycles. The summed E-state index contributed by atoms with van der Waals surface area (Å²) in [5.74, 6) is 0.559. The van der Waals surface area contributed by atoms with Crippen LogP contribution in [0.5, 0.6) is 0 Å². The van der Waals surface area contributed by atoms with E-state index in [0.29, 0.717) is 17.2 Å². The number of benzene rings is 1. The molecule has 3 heterocycles. The number of hydrogen-bond donors (Lipinski definition) is 1. The van der Waals surface area contributed by atoms with E-state index in [1.807, 2.05) is 19.1 Å². The number of nitrogens with one attached hydrogen (secondary N) is 1. The van der Waals surface area contributed by atoms with Gasteiger partial charge in [0, 0.05) is 24.0 Å². The highest BCUT2D eigenvalue weighted by molar-refractivity contribution is 5.90. The molecular weight excluding hydrogens is 359 g/mol. The van der Waals surface area contributed by atoms with Crippen molar-refractivity contribution >= 4 is 11.7 Å². The van der Waals surface area contributed by atoms with Gasteiger partial charge >= 0.3 is 0 Å². The highest BCUT2D eigenvalue weighted by atomic mass is 19.1. The van der Waals surface area contributed by atoms with Gasteiger partial charge in [-0.25, -0.2) is 9.37 Å². The second-order valence-corrected chi connectivity index (χ2v) is 6.26. The van der Waals surface area contributed by atoms with Crippen LogP contribution in [-0.2, 0) is 11.3 Å². The minimum absolute atomic E-state index is 0.0156. The van der Waals surface area contributed by atoms with E-state index >= 15 is 0 Å². The van der Waals surface area contributed by atoms with E-state index in [4.69, 9.17) is 0 Å². The molecule has 0 spiro atoms. The average molecular weight is 376 g/mol. The van der Waals surface area contributed by atoms with Gasteiger partial charge in [-0.3, -0.25) is 9.48 Å². The molecule has 7 nitrogen and oxygen atoms in total. The lowest BCUT2D eigenvalue weighted by molar-refractivity contribution is -0.116. The number of carbonyl (C=O) groups excluding carboxylic acids is 1. The smallest absolute Gasteiger partial charge is 0.247 e. The summed E-state index contributed by atoms with van der Waals surface area (Å²) in [5, 5.41) is 11.4. The number of aromatic nitrogens is 5. The van der Waals surface area contributed by atoms with Crippen LogP contribution in [0.3, 0.4) is 0 Å². The molecule has 1 aromatic carbocycles. The SMILES string of the molecule is Cc1cc(NC(=O)Cn2cc(-c3cccc(F)c3)cn2)n(-c2ccccn2)n1. The normalized spacial score (nSPS) is 10.8. The lowest BCUT2D eigenvalue weighted by Crippen LogP contribution is -2.21. The van der Waals surface area contributed by atoms with Crippen LogP contribution in [0.1, 0.15) is 5.69 Å². The first-order valence-corrected chi connectivity index (χ1v) is 8.65. The third-order valence-corrected chi connectivity index (χ3v) is 4.06. The van der Waals surface area contributed by atoms with Crippen LogP contribution in [0.15, 0.2) is 67.1 Å². The number of pyridine rings is 1. The second kappa shape index (κ2) is 7.43. The Morgan fingerprint density at radius 1 is 1.14 bits per heavy atom. The maximum absolute atomic E-state index is 13.4. The van der Waals surface area contributed by atoms with Crippen LogP contribution < -0.4 is 5.32 Å². The van der Waals surface area contributed by atoms with Crippen molar-refractivity contribution in [2.75, 3.05) is 5.32 Å². The number of halogens is 1. The lowest BCUT2D eigenvalue weighted by atomic mass is 10.1. The van der Waals surface area contributed by atoms with Crippen LogP contribution in [-0.4, -0.2) is 30.5 Å². The fourth-order valence-electron chi connectivity index (χ4n) is 2.84. The Morgan fingerprint density at radius 3 is 2.82 bits per heavy atom. The van der Waals surface area contributed by atoms with Crippen molar-refractivity contribution in [3.05, 3.63) is 78.6 Å². The number of aryl methyl sites for hydroxylation is 1. The molecule has 0 atom stereocenters. The van der Waals surface area contributed by atoms with E-state index in [2.05, 4.69) is 20.5 Å². The zero-order valence-electron chi connectivity index (χ0n) is 15.1. The van der Waals surface area contributed by atoms with Gasteiger partial charge in [0.2, 0.25) is 5.91 Å². The Morgan fingerprint density at radius 2 is 2.04 bits per heavy atom. The van der Waals surface area contributed by atoms with Gasteiger partial charge in [0.25, 0.3) is 0 Å². The molecule has 0 saturated heterocycles. The summed E-state index contributed by atoms with van der Waals surface area (Å²) >= 11 is 0. The molecule has 8 heteroatoms. The van der Waals surface area contributed by atoms with E-state index in [1.54, 1.807) is 47.5 Å². The van der Waals surface area contributed by atoms with Gasteiger partial charge in [-0.2, -0.15) is 14.9 Å². The van der Waals surface area contributed by atoms with E-state index in [0.717, 1.165) is 11.3 Å². The van der Waals surface area contributed by atoms with E-state index < -0.39 is 0 Å². The molecular formula is C20H17FN6O. The average Bonchev–Trinajstić information content (AvgIpc) is 3.29. The summed E-state index contributed by atoms with van der Waals surface area (Å²) in [6.07, 6.45) is 4.97. The Labute approximate surface area is 160 Å². The molecule has 4 rings (SSSR count). The molecule has 0 aliphatic heterocycles. The largest absolute Gasteiger partial charge is 0.309 e. The summed E-state index contributed by atoms with van der Waals surface area (Å²) in [7, 11) is 0. The summed E-state index contributed by atoms with van der Waals surface area (Å²) in [4.78, 5) is 16.7. The number of rotatable bonds is 5. The van der Waals surface area contributed by atoms with Crippen molar-refractivity contribution in [2.45, 2.75) is 13.5 Å². The number of anilines is 1. The van der Waals surface area contributed by atoms with Gasteiger partial charge in [0.1, 0.15) is 18.2 Å². The number of nitrogens with zero attached hydrogens (tertiary/aromatic N) is 5. The molecule has 0 radical (unpaired) electrons. The minimum Gasteiger partial charge on any atom is -0.309 e. The molecule has 1 N–H and O–H groups in total. The monoisotopic (exact) mass is 376 g/mol. The zero-order chi connectivity index (χ0) is 19.5. The zero-order valence-corrected chi connectivity index (χ0v) is 15.1. The summed E-state index contributed by atoms with van der Waals surface area (Å²) in [6, 6.07) is 13.5. The van der Waals surface area contributed by atoms with Crippen molar-refractivity contribution in [3.8, 4) is 16.9 Å². The Kier molecular flexibility index (Phi) is 4.67. The third kappa shape index (κ3) is 3.80. The molecule has 0 saturated carbocycles.